The maximum atomic E-state index is 11.4. The zero-order valence-electron chi connectivity index (χ0n) is 8.57. The largest absolute Gasteiger partial charge is 0.300 e. The van der Waals surface area contributed by atoms with Gasteiger partial charge in [0.25, 0.3) is 5.91 Å². The first kappa shape index (κ1) is 9.89. The first-order valence-corrected chi connectivity index (χ1v) is 5.21. The second-order valence-corrected chi connectivity index (χ2v) is 4.17. The molecule has 0 aliphatic carbocycles. The molecule has 0 saturated carbocycles. The lowest BCUT2D eigenvalue weighted by molar-refractivity contribution is -0.127. The summed E-state index contributed by atoms with van der Waals surface area (Å²) in [6.45, 7) is 6.29. The van der Waals surface area contributed by atoms with Gasteiger partial charge in [-0.25, -0.2) is 5.84 Å². The van der Waals surface area contributed by atoms with Gasteiger partial charge < -0.3 is 4.90 Å². The fourth-order valence-corrected chi connectivity index (χ4v) is 2.51. The minimum atomic E-state index is -0.0924. The van der Waals surface area contributed by atoms with Crippen LogP contribution in [0, 0.1) is 0 Å². The lowest BCUT2D eigenvalue weighted by Crippen LogP contribution is -2.56. The van der Waals surface area contributed by atoms with E-state index in [2.05, 4.69) is 15.2 Å². The zero-order chi connectivity index (χ0) is 10.1. The number of amides is 1. The number of carbonyl (C=O) groups excluding carboxylic acids is 1. The van der Waals surface area contributed by atoms with E-state index in [1.165, 1.54) is 13.0 Å². The van der Waals surface area contributed by atoms with Crippen molar-refractivity contribution in [1.82, 2.24) is 15.2 Å². The Morgan fingerprint density at radius 2 is 2.29 bits per heavy atom. The molecule has 3 atom stereocenters. The molecular weight excluding hydrogens is 180 g/mol. The van der Waals surface area contributed by atoms with Crippen LogP contribution in [0.15, 0.2) is 0 Å². The van der Waals surface area contributed by atoms with Crippen molar-refractivity contribution >= 4 is 5.91 Å². The summed E-state index contributed by atoms with van der Waals surface area (Å²) in [5.41, 5.74) is 2.23. The Bertz CT molecular complexity index is 233. The summed E-state index contributed by atoms with van der Waals surface area (Å²) < 4.78 is 0. The number of rotatable bonds is 2. The van der Waals surface area contributed by atoms with Gasteiger partial charge >= 0.3 is 0 Å². The first-order valence-electron chi connectivity index (χ1n) is 5.21. The van der Waals surface area contributed by atoms with E-state index < -0.39 is 0 Å². The molecule has 14 heavy (non-hydrogen) atoms. The molecule has 0 radical (unpaired) electrons. The Balaban J connectivity index is 2.00. The first-order chi connectivity index (χ1) is 6.72. The quantitative estimate of drug-likeness (QED) is 0.331. The van der Waals surface area contributed by atoms with Gasteiger partial charge in [0.2, 0.25) is 0 Å². The van der Waals surface area contributed by atoms with Crippen molar-refractivity contribution in [1.29, 1.82) is 0 Å². The van der Waals surface area contributed by atoms with Gasteiger partial charge in [0, 0.05) is 25.7 Å². The summed E-state index contributed by atoms with van der Waals surface area (Å²) in [4.78, 5) is 16.1. The van der Waals surface area contributed by atoms with Crippen molar-refractivity contribution in [3.05, 3.63) is 0 Å². The molecule has 3 unspecified atom stereocenters. The second kappa shape index (κ2) is 3.84. The summed E-state index contributed by atoms with van der Waals surface area (Å²) in [6.07, 6.45) is 1.18. The average molecular weight is 198 g/mol. The van der Waals surface area contributed by atoms with E-state index in [1.54, 1.807) is 0 Å². The molecule has 2 heterocycles. The van der Waals surface area contributed by atoms with E-state index in [1.807, 2.05) is 6.92 Å². The topological polar surface area (TPSA) is 61.6 Å². The minimum Gasteiger partial charge on any atom is -0.300 e. The second-order valence-electron chi connectivity index (χ2n) is 4.17. The lowest BCUT2D eigenvalue weighted by atomic mass is 10.1. The van der Waals surface area contributed by atoms with Crippen LogP contribution >= 0.6 is 0 Å². The molecule has 1 amide bonds. The number of fused-ring (bicyclic) bond motifs is 2. The van der Waals surface area contributed by atoms with Crippen molar-refractivity contribution in [2.75, 3.05) is 26.2 Å². The SMILES string of the molecule is CC(C(=O)NN)N1CCN2CCC1C2. The standard InChI is InChI=1S/C9H18N4O/c1-7(9(14)11-10)13-5-4-12-3-2-8(13)6-12/h7-8H,2-6,10H2,1H3,(H,11,14). The molecule has 3 N–H and O–H groups in total. The number of hydrogen-bond donors (Lipinski definition) is 2. The summed E-state index contributed by atoms with van der Waals surface area (Å²) in [6, 6.07) is 0.460. The molecule has 0 aromatic rings. The van der Waals surface area contributed by atoms with Crippen LogP contribution in [0.5, 0.6) is 0 Å². The zero-order valence-corrected chi connectivity index (χ0v) is 8.57. The van der Waals surface area contributed by atoms with Crippen LogP contribution in [0.25, 0.3) is 0 Å². The molecule has 2 rings (SSSR count). The van der Waals surface area contributed by atoms with Gasteiger partial charge in [-0.2, -0.15) is 0 Å². The maximum absolute atomic E-state index is 11.4. The predicted molar refractivity (Wildman–Crippen MR) is 53.3 cm³/mol. The fraction of sp³-hybridized carbons (Fsp3) is 0.889. The van der Waals surface area contributed by atoms with Crippen LogP contribution < -0.4 is 11.3 Å². The predicted octanol–water partition coefficient (Wildman–Crippen LogP) is -1.25. The highest BCUT2D eigenvalue weighted by atomic mass is 16.2. The van der Waals surface area contributed by atoms with Crippen LogP contribution in [0.4, 0.5) is 0 Å². The van der Waals surface area contributed by atoms with Gasteiger partial charge in [-0.05, 0) is 19.9 Å². The number of hydrazine groups is 1. The fourth-order valence-electron chi connectivity index (χ4n) is 2.51. The van der Waals surface area contributed by atoms with Crippen molar-refractivity contribution in [2.24, 2.45) is 5.84 Å². The summed E-state index contributed by atoms with van der Waals surface area (Å²) >= 11 is 0. The lowest BCUT2D eigenvalue weighted by Gasteiger charge is -2.37. The highest BCUT2D eigenvalue weighted by Gasteiger charge is 2.36. The number of nitrogens with two attached hydrogens (primary N) is 1. The van der Waals surface area contributed by atoms with Crippen LogP contribution in [0.2, 0.25) is 0 Å². The third kappa shape index (κ3) is 1.63. The van der Waals surface area contributed by atoms with E-state index in [0.29, 0.717) is 6.04 Å². The molecule has 2 aliphatic heterocycles. The Hall–Kier alpha value is -0.650. The number of nitrogens with zero attached hydrogens (tertiary/aromatic N) is 2. The number of nitrogens with one attached hydrogen (secondary N) is 1. The molecule has 5 heteroatoms. The normalized spacial score (nSPS) is 34.1. The number of hydrogen-bond acceptors (Lipinski definition) is 4. The summed E-state index contributed by atoms with van der Waals surface area (Å²) in [5.74, 6) is 5.06. The number of carbonyl (C=O) groups is 1. The van der Waals surface area contributed by atoms with E-state index in [0.717, 1.165) is 19.6 Å². The van der Waals surface area contributed by atoms with Crippen molar-refractivity contribution in [2.45, 2.75) is 25.4 Å². The molecular formula is C9H18N4O. The molecule has 2 bridgehead atoms. The van der Waals surface area contributed by atoms with Gasteiger partial charge in [-0.3, -0.25) is 15.1 Å². The molecule has 5 nitrogen and oxygen atoms in total. The maximum Gasteiger partial charge on any atom is 0.250 e. The van der Waals surface area contributed by atoms with Gasteiger partial charge in [0.15, 0.2) is 0 Å². The molecule has 80 valence electrons. The van der Waals surface area contributed by atoms with Crippen LogP contribution in [-0.4, -0.2) is 54.0 Å². The Kier molecular flexibility index (Phi) is 2.71. The Morgan fingerprint density at radius 1 is 1.50 bits per heavy atom. The highest BCUT2D eigenvalue weighted by molar-refractivity contribution is 5.80. The van der Waals surface area contributed by atoms with E-state index >= 15 is 0 Å². The minimum absolute atomic E-state index is 0.0784. The third-order valence-corrected chi connectivity index (χ3v) is 3.41. The Morgan fingerprint density at radius 3 is 3.00 bits per heavy atom. The van der Waals surface area contributed by atoms with Crippen LogP contribution in [-0.2, 0) is 4.79 Å². The van der Waals surface area contributed by atoms with E-state index in [-0.39, 0.29) is 11.9 Å². The van der Waals surface area contributed by atoms with Crippen molar-refractivity contribution in [3.8, 4) is 0 Å². The Labute approximate surface area is 84.2 Å². The molecule has 2 aliphatic rings. The summed E-state index contributed by atoms with van der Waals surface area (Å²) in [7, 11) is 0. The van der Waals surface area contributed by atoms with Crippen molar-refractivity contribution in [3.63, 3.8) is 0 Å². The molecule has 2 saturated heterocycles. The van der Waals surface area contributed by atoms with Gasteiger partial charge in [-0.15, -0.1) is 0 Å². The molecule has 0 spiro atoms. The van der Waals surface area contributed by atoms with Gasteiger partial charge in [0.1, 0.15) is 0 Å². The molecule has 2 fully saturated rings. The van der Waals surface area contributed by atoms with Crippen LogP contribution in [0.3, 0.4) is 0 Å². The van der Waals surface area contributed by atoms with E-state index in [4.69, 9.17) is 5.84 Å². The van der Waals surface area contributed by atoms with Crippen LogP contribution in [0.1, 0.15) is 13.3 Å². The monoisotopic (exact) mass is 198 g/mol. The summed E-state index contributed by atoms with van der Waals surface area (Å²) in [5, 5.41) is 0. The smallest absolute Gasteiger partial charge is 0.250 e. The molecule has 0 aromatic heterocycles. The van der Waals surface area contributed by atoms with Gasteiger partial charge in [0.05, 0.1) is 6.04 Å². The van der Waals surface area contributed by atoms with Gasteiger partial charge in [-0.1, -0.05) is 0 Å². The average Bonchev–Trinajstić information content (AvgIpc) is 2.59. The van der Waals surface area contributed by atoms with Crippen molar-refractivity contribution < 1.29 is 4.79 Å². The molecule has 0 aromatic carbocycles. The number of piperazine rings is 1. The third-order valence-electron chi connectivity index (χ3n) is 3.41. The van der Waals surface area contributed by atoms with E-state index in [9.17, 15) is 4.79 Å². The highest BCUT2D eigenvalue weighted by Crippen LogP contribution is 2.22.